The third-order valence-electron chi connectivity index (χ3n) is 5.26. The number of carbonyl (C=O) groups excluding carboxylic acids is 2. The lowest BCUT2D eigenvalue weighted by molar-refractivity contribution is 0.101. The largest absolute Gasteiger partial charge is 0.320 e. The van der Waals surface area contributed by atoms with E-state index in [2.05, 4.69) is 39.9 Å². The molecule has 0 spiro atoms. The van der Waals surface area contributed by atoms with Gasteiger partial charge in [0.25, 0.3) is 11.8 Å². The number of nitrogens with zero attached hydrogens (tertiary/aromatic N) is 1. The Morgan fingerprint density at radius 3 is 1.59 bits per heavy atom. The molecule has 0 atom stereocenters. The fourth-order valence-corrected chi connectivity index (χ4v) is 5.49. The minimum Gasteiger partial charge on any atom is -0.320 e. The van der Waals surface area contributed by atoms with Crippen molar-refractivity contribution in [2.24, 2.45) is 0 Å². The molecule has 0 radical (unpaired) electrons. The van der Waals surface area contributed by atoms with E-state index < -0.39 is 0 Å². The van der Waals surface area contributed by atoms with Gasteiger partial charge in [0.1, 0.15) is 11.4 Å². The van der Waals surface area contributed by atoms with E-state index in [1.54, 1.807) is 41.7 Å². The number of nitrogens with one attached hydrogen (secondary N) is 2. The lowest BCUT2D eigenvalue weighted by Crippen LogP contribution is -2.19. The molecule has 5 rings (SSSR count). The molecule has 1 aromatic heterocycles. The van der Waals surface area contributed by atoms with Crippen LogP contribution in [0.4, 0.5) is 11.4 Å². The topological polar surface area (TPSA) is 71.1 Å². The standard InChI is InChI=1S/C27H21N3O2S2/c31-26-22-11-6-12-23(28-22)27(32)30-21-10-2-4-14-25(21)34-17-19-8-5-7-18(15-19)16-33-24-13-3-1-9-20(24)29-26/h1-15H,16-17H2,(H,29,31)(H,30,32). The van der Waals surface area contributed by atoms with Gasteiger partial charge in [-0.05, 0) is 47.5 Å². The average Bonchev–Trinajstić information content (AvgIpc) is 2.87. The Kier molecular flexibility index (Phi) is 6.65. The van der Waals surface area contributed by atoms with E-state index in [0.717, 1.165) is 32.7 Å². The number of thioether (sulfide) groups is 2. The summed E-state index contributed by atoms with van der Waals surface area (Å²) in [5.74, 6) is 0.848. The van der Waals surface area contributed by atoms with Crippen molar-refractivity contribution in [2.45, 2.75) is 21.3 Å². The zero-order chi connectivity index (χ0) is 23.3. The van der Waals surface area contributed by atoms with Gasteiger partial charge < -0.3 is 10.6 Å². The molecule has 0 saturated heterocycles. The Bertz CT molecular complexity index is 1280. The van der Waals surface area contributed by atoms with Gasteiger partial charge in [0, 0.05) is 21.3 Å². The van der Waals surface area contributed by atoms with E-state index in [4.69, 9.17) is 0 Å². The summed E-state index contributed by atoms with van der Waals surface area (Å²) in [7, 11) is 0. The van der Waals surface area contributed by atoms with E-state index in [1.165, 1.54) is 11.1 Å². The van der Waals surface area contributed by atoms with Gasteiger partial charge in [-0.1, -0.05) is 54.6 Å². The molecule has 1 aliphatic rings. The maximum Gasteiger partial charge on any atom is 0.274 e. The smallest absolute Gasteiger partial charge is 0.274 e. The normalized spacial score (nSPS) is 14.0. The fourth-order valence-electron chi connectivity index (χ4n) is 3.58. The van der Waals surface area contributed by atoms with Crippen LogP contribution in [-0.4, -0.2) is 16.8 Å². The Morgan fingerprint density at radius 2 is 1.06 bits per heavy atom. The first-order chi connectivity index (χ1) is 16.7. The van der Waals surface area contributed by atoms with Crippen LogP contribution < -0.4 is 10.6 Å². The van der Waals surface area contributed by atoms with Gasteiger partial charge in [0.15, 0.2) is 0 Å². The lowest BCUT2D eigenvalue weighted by Gasteiger charge is -2.13. The minimum absolute atomic E-state index is 0.184. The highest BCUT2D eigenvalue weighted by Gasteiger charge is 2.16. The number of amides is 2. The average molecular weight is 484 g/mol. The summed E-state index contributed by atoms with van der Waals surface area (Å²) < 4.78 is 0. The Balaban J connectivity index is 1.53. The molecule has 1 aliphatic heterocycles. The number of aromatic nitrogens is 1. The van der Waals surface area contributed by atoms with E-state index in [1.807, 2.05) is 48.5 Å². The molecular weight excluding hydrogens is 462 g/mol. The van der Waals surface area contributed by atoms with Crippen molar-refractivity contribution >= 4 is 46.7 Å². The van der Waals surface area contributed by atoms with Crippen molar-refractivity contribution in [1.29, 1.82) is 0 Å². The molecule has 0 saturated carbocycles. The van der Waals surface area contributed by atoms with Gasteiger partial charge in [-0.2, -0.15) is 0 Å². The summed E-state index contributed by atoms with van der Waals surface area (Å²) in [5, 5.41) is 5.91. The second-order valence-electron chi connectivity index (χ2n) is 7.71. The van der Waals surface area contributed by atoms with Gasteiger partial charge in [-0.15, -0.1) is 23.5 Å². The van der Waals surface area contributed by atoms with Crippen LogP contribution in [0.25, 0.3) is 0 Å². The third-order valence-corrected chi connectivity index (χ3v) is 7.55. The molecule has 0 fully saturated rings. The maximum atomic E-state index is 13.0. The molecule has 34 heavy (non-hydrogen) atoms. The zero-order valence-corrected chi connectivity index (χ0v) is 19.8. The molecule has 2 N–H and O–H groups in total. The number of anilines is 2. The van der Waals surface area contributed by atoms with Crippen LogP contribution >= 0.6 is 23.5 Å². The molecule has 2 amide bonds. The van der Waals surface area contributed by atoms with E-state index >= 15 is 0 Å². The van der Waals surface area contributed by atoms with Crippen LogP contribution in [0.1, 0.15) is 32.1 Å². The van der Waals surface area contributed by atoms with Crippen LogP contribution in [-0.2, 0) is 11.5 Å². The molecule has 2 heterocycles. The predicted octanol–water partition coefficient (Wildman–Crippen LogP) is 6.48. The Morgan fingerprint density at radius 1 is 0.588 bits per heavy atom. The molecule has 7 heteroatoms. The third kappa shape index (κ3) is 5.16. The number of hydrogen-bond acceptors (Lipinski definition) is 5. The number of rotatable bonds is 0. The summed E-state index contributed by atoms with van der Waals surface area (Å²) in [6.07, 6.45) is 0. The molecule has 5 nitrogen and oxygen atoms in total. The van der Waals surface area contributed by atoms with E-state index in [-0.39, 0.29) is 23.2 Å². The van der Waals surface area contributed by atoms with E-state index in [9.17, 15) is 9.59 Å². The highest BCUT2D eigenvalue weighted by Crippen LogP contribution is 2.33. The molecule has 4 bridgehead atoms. The zero-order valence-electron chi connectivity index (χ0n) is 18.2. The summed E-state index contributed by atoms with van der Waals surface area (Å²) in [6.45, 7) is 0. The van der Waals surface area contributed by atoms with Crippen LogP contribution in [0.2, 0.25) is 0 Å². The Labute approximate surface area is 206 Å². The van der Waals surface area contributed by atoms with Crippen LogP contribution in [0, 0.1) is 0 Å². The van der Waals surface area contributed by atoms with Crippen molar-refractivity contribution in [3.8, 4) is 0 Å². The SMILES string of the molecule is O=C1Nc2ccccc2SCc2cccc(c2)CSc2ccccc2NC(=O)c2cccc1n2. The molecule has 3 aromatic carbocycles. The maximum absolute atomic E-state index is 13.0. The number of benzene rings is 3. The number of pyridine rings is 1. The monoisotopic (exact) mass is 483 g/mol. The molecule has 4 aromatic rings. The summed E-state index contributed by atoms with van der Waals surface area (Å²) in [5.41, 5.74) is 4.22. The number of carbonyl (C=O) groups is 2. The van der Waals surface area contributed by atoms with Crippen molar-refractivity contribution in [2.75, 3.05) is 10.6 Å². The number of hydrogen-bond donors (Lipinski definition) is 2. The van der Waals surface area contributed by atoms with Crippen molar-refractivity contribution < 1.29 is 9.59 Å². The fraction of sp³-hybridized carbons (Fsp3) is 0.0741. The second-order valence-corrected chi connectivity index (χ2v) is 9.74. The molecular formula is C27H21N3O2S2. The highest BCUT2D eigenvalue weighted by atomic mass is 32.2. The second kappa shape index (κ2) is 10.2. The van der Waals surface area contributed by atoms with Gasteiger partial charge >= 0.3 is 0 Å². The lowest BCUT2D eigenvalue weighted by atomic mass is 10.2. The first-order valence-corrected chi connectivity index (χ1v) is 12.7. The van der Waals surface area contributed by atoms with Crippen LogP contribution in [0.5, 0.6) is 0 Å². The summed E-state index contributed by atoms with van der Waals surface area (Å²) in [4.78, 5) is 32.2. The predicted molar refractivity (Wildman–Crippen MR) is 139 cm³/mol. The molecule has 0 aliphatic carbocycles. The summed E-state index contributed by atoms with van der Waals surface area (Å²) in [6, 6.07) is 28.8. The van der Waals surface area contributed by atoms with Gasteiger partial charge in [0.2, 0.25) is 0 Å². The van der Waals surface area contributed by atoms with Crippen molar-refractivity contribution in [3.63, 3.8) is 0 Å². The van der Waals surface area contributed by atoms with Gasteiger partial charge in [-0.25, -0.2) is 4.98 Å². The van der Waals surface area contributed by atoms with Crippen LogP contribution in [0.15, 0.2) is 101 Å². The number of para-hydroxylation sites is 2. The number of fused-ring (bicyclic) bond motifs is 6. The van der Waals surface area contributed by atoms with Gasteiger partial charge in [-0.3, -0.25) is 9.59 Å². The molecule has 168 valence electrons. The minimum atomic E-state index is -0.359. The quantitative estimate of drug-likeness (QED) is 0.299. The molecule has 0 unspecified atom stereocenters. The Hall–Kier alpha value is -3.55. The van der Waals surface area contributed by atoms with Crippen molar-refractivity contribution in [3.05, 3.63) is 114 Å². The summed E-state index contributed by atoms with van der Waals surface area (Å²) >= 11 is 3.34. The van der Waals surface area contributed by atoms with E-state index in [0.29, 0.717) is 0 Å². The van der Waals surface area contributed by atoms with Crippen LogP contribution in [0.3, 0.4) is 0 Å². The first-order valence-electron chi connectivity index (χ1n) is 10.8. The van der Waals surface area contributed by atoms with Gasteiger partial charge in [0.05, 0.1) is 11.4 Å². The highest BCUT2D eigenvalue weighted by molar-refractivity contribution is 7.99. The van der Waals surface area contributed by atoms with Crippen molar-refractivity contribution in [1.82, 2.24) is 4.98 Å². The first kappa shape index (κ1) is 22.3.